The lowest BCUT2D eigenvalue weighted by Gasteiger charge is -2.34. The van der Waals surface area contributed by atoms with Gasteiger partial charge in [0.25, 0.3) is 10.0 Å². The summed E-state index contributed by atoms with van der Waals surface area (Å²) >= 11 is 18.7. The van der Waals surface area contributed by atoms with Gasteiger partial charge in [-0.15, -0.1) is 0 Å². The lowest BCUT2D eigenvalue weighted by atomic mass is 10.0. The van der Waals surface area contributed by atoms with Gasteiger partial charge in [-0.2, -0.15) is 0 Å². The molecule has 2 amide bonds. The van der Waals surface area contributed by atoms with Crippen molar-refractivity contribution in [1.82, 2.24) is 10.2 Å². The molecule has 242 valence electrons. The second kappa shape index (κ2) is 15.8. The molecule has 0 bridgehead atoms. The molecule has 4 rings (SSSR count). The van der Waals surface area contributed by atoms with Gasteiger partial charge in [-0.05, 0) is 59.5 Å². The average molecular weight is 705 g/mol. The van der Waals surface area contributed by atoms with Gasteiger partial charge in [-0.1, -0.05) is 103 Å². The van der Waals surface area contributed by atoms with Crippen LogP contribution in [0.3, 0.4) is 0 Å². The lowest BCUT2D eigenvalue weighted by Crippen LogP contribution is -2.53. The average Bonchev–Trinajstić information content (AvgIpc) is 3.03. The zero-order chi connectivity index (χ0) is 33.4. The van der Waals surface area contributed by atoms with Gasteiger partial charge in [-0.3, -0.25) is 13.9 Å². The first-order chi connectivity index (χ1) is 21.9. The molecule has 0 fully saturated rings. The van der Waals surface area contributed by atoms with Crippen molar-refractivity contribution in [2.45, 2.75) is 37.8 Å². The van der Waals surface area contributed by atoms with Crippen LogP contribution in [-0.4, -0.2) is 44.3 Å². The molecule has 12 heteroatoms. The maximum Gasteiger partial charge on any atom is 0.264 e. The normalized spacial score (nSPS) is 12.1. The van der Waals surface area contributed by atoms with Gasteiger partial charge in [0, 0.05) is 29.6 Å². The lowest BCUT2D eigenvalue weighted by molar-refractivity contribution is -0.140. The first-order valence-electron chi connectivity index (χ1n) is 14.4. The van der Waals surface area contributed by atoms with Gasteiger partial charge in [0.2, 0.25) is 11.8 Å². The highest BCUT2D eigenvalue weighted by Crippen LogP contribution is 2.29. The molecule has 46 heavy (non-hydrogen) atoms. The molecule has 4 aromatic carbocycles. The highest BCUT2D eigenvalue weighted by atomic mass is 35.5. The molecule has 0 aliphatic heterocycles. The van der Waals surface area contributed by atoms with E-state index in [0.29, 0.717) is 17.1 Å². The van der Waals surface area contributed by atoms with Crippen molar-refractivity contribution in [3.05, 3.63) is 129 Å². The number of hydrogen-bond donors (Lipinski definition) is 1. The van der Waals surface area contributed by atoms with E-state index >= 15 is 0 Å². The number of halogens is 4. The second-order valence-corrected chi connectivity index (χ2v) is 14.1. The number of benzene rings is 4. The number of hydrogen-bond acceptors (Lipinski definition) is 4. The molecule has 0 aliphatic rings. The maximum absolute atomic E-state index is 14.5. The molecule has 0 heterocycles. The summed E-state index contributed by atoms with van der Waals surface area (Å²) in [6.45, 7) is 3.39. The third kappa shape index (κ3) is 9.00. The molecule has 0 aromatic heterocycles. The Labute approximate surface area is 283 Å². The number of nitrogens with zero attached hydrogens (tertiary/aromatic N) is 2. The Morgan fingerprint density at radius 1 is 0.848 bits per heavy atom. The summed E-state index contributed by atoms with van der Waals surface area (Å²) in [5, 5.41) is 3.26. The van der Waals surface area contributed by atoms with Gasteiger partial charge in [0.15, 0.2) is 0 Å². The highest BCUT2D eigenvalue weighted by Gasteiger charge is 2.35. The van der Waals surface area contributed by atoms with Crippen molar-refractivity contribution >= 4 is 62.3 Å². The minimum absolute atomic E-state index is 0.0306. The standard InChI is InChI=1S/C34H33Cl3FN3O4S/c1-23(2)20-39-34(43)32(17-24-9-5-3-6-10-24)40(21-25-13-14-26(35)18-29(25)36)33(42)22-41(27-15-16-31(38)30(37)19-27)46(44,45)28-11-7-4-8-12-28/h3-16,18-19,23,32H,17,20-22H2,1-2H3,(H,39,43)/t32-/m0/s1. The monoisotopic (exact) mass is 703 g/mol. The van der Waals surface area contributed by atoms with E-state index in [4.69, 9.17) is 34.8 Å². The summed E-state index contributed by atoms with van der Waals surface area (Å²) in [5.74, 6) is -1.74. The van der Waals surface area contributed by atoms with Crippen molar-refractivity contribution in [3.8, 4) is 0 Å². The minimum atomic E-state index is -4.36. The number of carbonyl (C=O) groups excluding carboxylic acids is 2. The number of anilines is 1. The Hall–Kier alpha value is -3.63. The number of carbonyl (C=O) groups is 2. The Morgan fingerprint density at radius 2 is 1.50 bits per heavy atom. The molecule has 0 unspecified atom stereocenters. The van der Waals surface area contributed by atoms with E-state index in [9.17, 15) is 22.4 Å². The molecular weight excluding hydrogens is 672 g/mol. The summed E-state index contributed by atoms with van der Waals surface area (Å²) in [4.78, 5) is 29.5. The molecule has 0 saturated carbocycles. The van der Waals surface area contributed by atoms with Gasteiger partial charge in [-0.25, -0.2) is 12.8 Å². The Kier molecular flexibility index (Phi) is 12.1. The molecular formula is C34H33Cl3FN3O4S. The van der Waals surface area contributed by atoms with Crippen LogP contribution in [0, 0.1) is 11.7 Å². The van der Waals surface area contributed by atoms with Crippen LogP contribution in [0.5, 0.6) is 0 Å². The Bertz CT molecular complexity index is 1780. The molecule has 1 N–H and O–H groups in total. The third-order valence-corrected chi connectivity index (χ3v) is 9.78. The third-order valence-electron chi connectivity index (χ3n) is 7.11. The molecule has 7 nitrogen and oxygen atoms in total. The Balaban J connectivity index is 1.83. The number of amides is 2. The van der Waals surface area contributed by atoms with E-state index < -0.39 is 40.2 Å². The van der Waals surface area contributed by atoms with Gasteiger partial charge in [0.05, 0.1) is 15.6 Å². The predicted octanol–water partition coefficient (Wildman–Crippen LogP) is 7.39. The largest absolute Gasteiger partial charge is 0.354 e. The fourth-order valence-electron chi connectivity index (χ4n) is 4.70. The van der Waals surface area contributed by atoms with Crippen molar-refractivity contribution in [2.24, 2.45) is 5.92 Å². The summed E-state index contributed by atoms with van der Waals surface area (Å²) in [5.41, 5.74) is 1.25. The summed E-state index contributed by atoms with van der Waals surface area (Å²) in [6.07, 6.45) is 0.134. The van der Waals surface area contributed by atoms with E-state index in [1.54, 1.807) is 30.3 Å². The SMILES string of the molecule is CC(C)CNC(=O)[C@H](Cc1ccccc1)N(Cc1ccc(Cl)cc1Cl)C(=O)CN(c1ccc(F)c(Cl)c1)S(=O)(=O)c1ccccc1. The van der Waals surface area contributed by atoms with E-state index in [1.165, 1.54) is 29.2 Å². The smallest absolute Gasteiger partial charge is 0.264 e. The summed E-state index contributed by atoms with van der Waals surface area (Å²) < 4.78 is 43.1. The fraction of sp³-hybridized carbons (Fsp3) is 0.235. The van der Waals surface area contributed by atoms with Crippen LogP contribution in [-0.2, 0) is 32.6 Å². The van der Waals surface area contributed by atoms with Crippen molar-refractivity contribution in [3.63, 3.8) is 0 Å². The molecule has 0 aliphatic carbocycles. The topological polar surface area (TPSA) is 86.8 Å². The van der Waals surface area contributed by atoms with Crippen LogP contribution in [0.4, 0.5) is 10.1 Å². The molecule has 1 atom stereocenters. The van der Waals surface area contributed by atoms with Crippen LogP contribution in [0.15, 0.2) is 102 Å². The van der Waals surface area contributed by atoms with Crippen LogP contribution in [0.1, 0.15) is 25.0 Å². The number of nitrogens with one attached hydrogen (secondary N) is 1. The summed E-state index contributed by atoms with van der Waals surface area (Å²) in [6, 6.07) is 23.8. The van der Waals surface area contributed by atoms with Gasteiger partial charge in [0.1, 0.15) is 18.4 Å². The molecule has 0 spiro atoms. The number of rotatable bonds is 13. The maximum atomic E-state index is 14.5. The van der Waals surface area contributed by atoms with Crippen molar-refractivity contribution < 1.29 is 22.4 Å². The van der Waals surface area contributed by atoms with Gasteiger partial charge >= 0.3 is 0 Å². The van der Waals surface area contributed by atoms with Crippen molar-refractivity contribution in [1.29, 1.82) is 0 Å². The molecule has 0 saturated heterocycles. The highest BCUT2D eigenvalue weighted by molar-refractivity contribution is 7.92. The Morgan fingerprint density at radius 3 is 2.11 bits per heavy atom. The van der Waals surface area contributed by atoms with Crippen LogP contribution < -0.4 is 9.62 Å². The number of sulfonamides is 1. The van der Waals surface area contributed by atoms with E-state index in [1.807, 2.05) is 44.2 Å². The van der Waals surface area contributed by atoms with E-state index in [-0.39, 0.29) is 39.5 Å². The molecule has 0 radical (unpaired) electrons. The van der Waals surface area contributed by atoms with Crippen LogP contribution >= 0.6 is 34.8 Å². The fourth-order valence-corrected chi connectivity index (χ4v) is 6.77. The van der Waals surface area contributed by atoms with E-state index in [0.717, 1.165) is 22.0 Å². The van der Waals surface area contributed by atoms with Crippen LogP contribution in [0.2, 0.25) is 15.1 Å². The van der Waals surface area contributed by atoms with Crippen molar-refractivity contribution in [2.75, 3.05) is 17.4 Å². The second-order valence-electron chi connectivity index (χ2n) is 11.0. The predicted molar refractivity (Wildman–Crippen MR) is 181 cm³/mol. The van der Waals surface area contributed by atoms with Gasteiger partial charge < -0.3 is 10.2 Å². The summed E-state index contributed by atoms with van der Waals surface area (Å²) in [7, 11) is -4.36. The zero-order valence-corrected chi connectivity index (χ0v) is 28.3. The molecule has 4 aromatic rings. The first-order valence-corrected chi connectivity index (χ1v) is 17.0. The first kappa shape index (κ1) is 35.2. The zero-order valence-electron chi connectivity index (χ0n) is 25.2. The van der Waals surface area contributed by atoms with E-state index in [2.05, 4.69) is 5.32 Å². The van der Waals surface area contributed by atoms with Crippen LogP contribution in [0.25, 0.3) is 0 Å². The quantitative estimate of drug-likeness (QED) is 0.157. The minimum Gasteiger partial charge on any atom is -0.354 e.